The van der Waals surface area contributed by atoms with Crippen molar-refractivity contribution in [3.63, 3.8) is 0 Å². The highest BCUT2D eigenvalue weighted by Crippen LogP contribution is 2.11. The highest BCUT2D eigenvalue weighted by atomic mass is 16.3. The Labute approximate surface area is 93.9 Å². The first-order chi connectivity index (χ1) is 7.60. The molecule has 0 saturated carbocycles. The van der Waals surface area contributed by atoms with Crippen molar-refractivity contribution in [2.75, 3.05) is 32.0 Å². The van der Waals surface area contributed by atoms with Crippen molar-refractivity contribution >= 4 is 11.6 Å². The third-order valence-corrected chi connectivity index (χ3v) is 2.27. The summed E-state index contributed by atoms with van der Waals surface area (Å²) < 4.78 is 1.62. The highest BCUT2D eigenvalue weighted by molar-refractivity contribution is 5.93. The lowest BCUT2D eigenvalue weighted by Gasteiger charge is -2.20. The Balaban J connectivity index is 2.85. The van der Waals surface area contributed by atoms with E-state index in [9.17, 15) is 4.79 Å². The molecule has 6 heteroatoms. The second-order valence-corrected chi connectivity index (χ2v) is 3.51. The molecule has 16 heavy (non-hydrogen) atoms. The molecule has 1 heterocycles. The molecule has 90 valence electrons. The van der Waals surface area contributed by atoms with Gasteiger partial charge in [-0.25, -0.2) is 0 Å². The summed E-state index contributed by atoms with van der Waals surface area (Å²) in [5.74, 6) is -0.248. The Morgan fingerprint density at radius 3 is 2.38 bits per heavy atom. The van der Waals surface area contributed by atoms with Crippen LogP contribution in [0.5, 0.6) is 0 Å². The number of carbonyl (C=O) groups excluding carboxylic acids is 1. The molecule has 0 aliphatic rings. The maximum atomic E-state index is 12.0. The Morgan fingerprint density at radius 1 is 1.44 bits per heavy atom. The molecule has 6 nitrogen and oxygen atoms in total. The van der Waals surface area contributed by atoms with Crippen molar-refractivity contribution in [1.29, 1.82) is 0 Å². The summed E-state index contributed by atoms with van der Waals surface area (Å²) in [6.45, 7) is 0.131. The van der Waals surface area contributed by atoms with Gasteiger partial charge in [0.15, 0.2) is 0 Å². The van der Waals surface area contributed by atoms with Crippen LogP contribution in [0.3, 0.4) is 0 Å². The second kappa shape index (κ2) is 5.53. The number of carbonyl (C=O) groups is 1. The van der Waals surface area contributed by atoms with E-state index in [0.29, 0.717) is 11.4 Å². The van der Waals surface area contributed by atoms with Gasteiger partial charge in [-0.3, -0.25) is 4.79 Å². The van der Waals surface area contributed by atoms with E-state index in [1.54, 1.807) is 23.9 Å². The molecule has 0 aliphatic heterocycles. The van der Waals surface area contributed by atoms with Gasteiger partial charge in [-0.05, 0) is 6.07 Å². The number of amides is 1. The van der Waals surface area contributed by atoms with Crippen LogP contribution in [-0.4, -0.2) is 51.9 Å². The maximum absolute atomic E-state index is 12.0. The zero-order valence-corrected chi connectivity index (χ0v) is 9.26. The molecule has 0 aliphatic carbocycles. The molecule has 0 unspecified atom stereocenters. The predicted molar refractivity (Wildman–Crippen MR) is 59.9 cm³/mol. The number of rotatable bonds is 5. The smallest absolute Gasteiger partial charge is 0.270 e. The minimum atomic E-state index is -0.248. The number of aryl methyl sites for hydroxylation is 1. The molecule has 0 atom stereocenters. The summed E-state index contributed by atoms with van der Waals surface area (Å²) >= 11 is 0. The van der Waals surface area contributed by atoms with Gasteiger partial charge < -0.3 is 25.4 Å². The molecule has 1 amide bonds. The minimum absolute atomic E-state index is 0.133. The van der Waals surface area contributed by atoms with Crippen LogP contribution >= 0.6 is 0 Å². The van der Waals surface area contributed by atoms with Crippen LogP contribution in [0.4, 0.5) is 5.69 Å². The number of aliphatic hydroxyl groups excluding tert-OH is 2. The number of hydrogen-bond acceptors (Lipinski definition) is 4. The molecular weight excluding hydrogens is 210 g/mol. The van der Waals surface area contributed by atoms with Gasteiger partial charge in [-0.1, -0.05) is 0 Å². The molecule has 1 aromatic heterocycles. The monoisotopic (exact) mass is 227 g/mol. The minimum Gasteiger partial charge on any atom is -0.397 e. The highest BCUT2D eigenvalue weighted by Gasteiger charge is 2.17. The number of aromatic nitrogens is 1. The zero-order chi connectivity index (χ0) is 12.1. The second-order valence-electron chi connectivity index (χ2n) is 3.51. The fourth-order valence-electron chi connectivity index (χ4n) is 1.52. The number of anilines is 1. The normalized spacial score (nSPS) is 10.4. The molecule has 0 radical (unpaired) electrons. The van der Waals surface area contributed by atoms with Gasteiger partial charge in [0.25, 0.3) is 5.91 Å². The average molecular weight is 227 g/mol. The standard InChI is InChI=1S/C10H17N3O3/c1-12-7-8(11)6-9(12)10(16)13(2-4-14)3-5-15/h6-7,14-15H,2-5,11H2,1H3. The molecule has 0 fully saturated rings. The van der Waals surface area contributed by atoms with Crippen molar-refractivity contribution in [2.24, 2.45) is 7.05 Å². The summed E-state index contributed by atoms with van der Waals surface area (Å²) in [7, 11) is 1.72. The molecular formula is C10H17N3O3. The molecule has 1 rings (SSSR count). The first-order valence-electron chi connectivity index (χ1n) is 5.03. The first-order valence-corrected chi connectivity index (χ1v) is 5.03. The Morgan fingerprint density at radius 2 is 2.00 bits per heavy atom. The van der Waals surface area contributed by atoms with Crippen LogP contribution in [0.2, 0.25) is 0 Å². The fraction of sp³-hybridized carbons (Fsp3) is 0.500. The lowest BCUT2D eigenvalue weighted by atomic mass is 10.3. The summed E-state index contributed by atoms with van der Waals surface area (Å²) in [5, 5.41) is 17.7. The van der Waals surface area contributed by atoms with Gasteiger partial charge in [0.2, 0.25) is 0 Å². The van der Waals surface area contributed by atoms with Crippen molar-refractivity contribution < 1.29 is 15.0 Å². The van der Waals surface area contributed by atoms with E-state index in [2.05, 4.69) is 0 Å². The predicted octanol–water partition coefficient (Wildman–Crippen LogP) is -0.966. The van der Waals surface area contributed by atoms with Crippen LogP contribution in [0.1, 0.15) is 10.5 Å². The van der Waals surface area contributed by atoms with Gasteiger partial charge in [-0.15, -0.1) is 0 Å². The van der Waals surface area contributed by atoms with E-state index in [0.717, 1.165) is 0 Å². The fourth-order valence-corrected chi connectivity index (χ4v) is 1.52. The quantitative estimate of drug-likeness (QED) is 0.604. The Hall–Kier alpha value is -1.53. The number of aliphatic hydroxyl groups is 2. The Bertz CT molecular complexity index is 356. The van der Waals surface area contributed by atoms with Crippen molar-refractivity contribution in [3.05, 3.63) is 18.0 Å². The van der Waals surface area contributed by atoms with Crippen molar-refractivity contribution in [2.45, 2.75) is 0 Å². The summed E-state index contributed by atoms with van der Waals surface area (Å²) in [5.41, 5.74) is 6.53. The number of nitrogen functional groups attached to an aromatic ring is 1. The van der Waals surface area contributed by atoms with Crippen LogP contribution < -0.4 is 5.73 Å². The third kappa shape index (κ3) is 2.74. The van der Waals surface area contributed by atoms with Crippen molar-refractivity contribution in [3.8, 4) is 0 Å². The van der Waals surface area contributed by atoms with E-state index in [4.69, 9.17) is 15.9 Å². The third-order valence-electron chi connectivity index (χ3n) is 2.27. The zero-order valence-electron chi connectivity index (χ0n) is 9.26. The maximum Gasteiger partial charge on any atom is 0.270 e. The van der Waals surface area contributed by atoms with Crippen LogP contribution in [0.15, 0.2) is 12.3 Å². The van der Waals surface area contributed by atoms with Crippen LogP contribution in [0.25, 0.3) is 0 Å². The van der Waals surface area contributed by atoms with E-state index in [-0.39, 0.29) is 32.2 Å². The van der Waals surface area contributed by atoms with Gasteiger partial charge >= 0.3 is 0 Å². The molecule has 0 aromatic carbocycles. The lowest BCUT2D eigenvalue weighted by molar-refractivity contribution is 0.0675. The van der Waals surface area contributed by atoms with E-state index >= 15 is 0 Å². The molecule has 0 saturated heterocycles. The average Bonchev–Trinajstić information content (AvgIpc) is 2.56. The molecule has 0 spiro atoms. The Kier molecular flexibility index (Phi) is 4.33. The SMILES string of the molecule is Cn1cc(N)cc1C(=O)N(CCO)CCO. The summed E-state index contributed by atoms with van der Waals surface area (Å²) in [4.78, 5) is 13.4. The number of nitrogens with two attached hydrogens (primary N) is 1. The van der Waals surface area contributed by atoms with E-state index < -0.39 is 0 Å². The van der Waals surface area contributed by atoms with Crippen molar-refractivity contribution in [1.82, 2.24) is 9.47 Å². The first kappa shape index (κ1) is 12.5. The topological polar surface area (TPSA) is 91.7 Å². The molecule has 1 aromatic rings. The largest absolute Gasteiger partial charge is 0.397 e. The van der Waals surface area contributed by atoms with Crippen LogP contribution in [0, 0.1) is 0 Å². The van der Waals surface area contributed by atoms with Gasteiger partial charge in [0, 0.05) is 26.3 Å². The number of hydrogen-bond donors (Lipinski definition) is 3. The lowest BCUT2D eigenvalue weighted by Crippen LogP contribution is -2.36. The molecule has 4 N–H and O–H groups in total. The summed E-state index contributed by atoms with van der Waals surface area (Å²) in [6.07, 6.45) is 1.64. The summed E-state index contributed by atoms with van der Waals surface area (Å²) in [6, 6.07) is 1.57. The van der Waals surface area contributed by atoms with E-state index in [1.165, 1.54) is 4.90 Å². The van der Waals surface area contributed by atoms with Gasteiger partial charge in [-0.2, -0.15) is 0 Å². The van der Waals surface area contributed by atoms with Gasteiger partial charge in [0.1, 0.15) is 5.69 Å². The van der Waals surface area contributed by atoms with Crippen LogP contribution in [-0.2, 0) is 7.05 Å². The van der Waals surface area contributed by atoms with E-state index in [1.807, 2.05) is 0 Å². The number of nitrogens with zero attached hydrogens (tertiary/aromatic N) is 2. The van der Waals surface area contributed by atoms with Gasteiger partial charge in [0.05, 0.1) is 18.9 Å². The molecule has 0 bridgehead atoms.